The first-order valence-electron chi connectivity index (χ1n) is 12.0. The van der Waals surface area contributed by atoms with Gasteiger partial charge in [0.2, 0.25) is 0 Å². The molecule has 0 saturated carbocycles. The lowest BCUT2D eigenvalue weighted by Crippen LogP contribution is -2.14. The van der Waals surface area contributed by atoms with Crippen LogP contribution in [-0.4, -0.2) is 68.0 Å². The van der Waals surface area contributed by atoms with E-state index in [0.29, 0.717) is 0 Å². The van der Waals surface area contributed by atoms with Crippen molar-refractivity contribution in [3.63, 3.8) is 0 Å². The number of hydrogen-bond acceptors (Lipinski definition) is 7. The number of hydrogen-bond donors (Lipinski definition) is 0. The van der Waals surface area contributed by atoms with E-state index in [1.54, 1.807) is 7.05 Å². The maximum absolute atomic E-state index is 4.68. The molecule has 0 atom stereocenters. The predicted molar refractivity (Wildman–Crippen MR) is 152 cm³/mol. The lowest BCUT2D eigenvalue weighted by Gasteiger charge is -2.14. The van der Waals surface area contributed by atoms with Crippen molar-refractivity contribution in [3.8, 4) is 5.69 Å². The number of aryl methyl sites for hydroxylation is 2. The van der Waals surface area contributed by atoms with Gasteiger partial charge in [0.1, 0.15) is 5.69 Å². The largest absolute Gasteiger partial charge is 0.382 e. The number of aliphatic imine (C=N–C) groups is 1. The molecule has 9 heteroatoms. The molecule has 3 aromatic heterocycles. The van der Waals surface area contributed by atoms with Gasteiger partial charge in [-0.1, -0.05) is 53.3 Å². The van der Waals surface area contributed by atoms with Gasteiger partial charge in [0.25, 0.3) is 0 Å². The van der Waals surface area contributed by atoms with E-state index in [4.69, 9.17) is 0 Å². The molecule has 0 aliphatic carbocycles. The van der Waals surface area contributed by atoms with Crippen molar-refractivity contribution in [3.05, 3.63) is 53.5 Å². The van der Waals surface area contributed by atoms with Crippen LogP contribution in [0.4, 0.5) is 0 Å². The predicted octanol–water partition coefficient (Wildman–Crippen LogP) is 5.54. The summed E-state index contributed by atoms with van der Waals surface area (Å²) < 4.78 is 3.83. The van der Waals surface area contributed by atoms with Gasteiger partial charge in [-0.25, -0.2) is 19.3 Å². The van der Waals surface area contributed by atoms with E-state index in [0.717, 1.165) is 39.3 Å². The maximum atomic E-state index is 4.68. The summed E-state index contributed by atoms with van der Waals surface area (Å²) >= 11 is 1.53. The smallest absolute Gasteiger partial charge is 0.187 e. The van der Waals surface area contributed by atoms with Gasteiger partial charge in [0.15, 0.2) is 5.16 Å². The normalized spacial score (nSPS) is 12.6. The van der Waals surface area contributed by atoms with Crippen molar-refractivity contribution in [2.45, 2.75) is 71.4 Å². The molecule has 0 aliphatic rings. The van der Waals surface area contributed by atoms with Gasteiger partial charge in [-0.15, -0.1) is 0 Å². The van der Waals surface area contributed by atoms with E-state index in [9.17, 15) is 0 Å². The molecule has 8 nitrogen and oxygen atoms in total. The quantitative estimate of drug-likeness (QED) is 0.255. The average Bonchev–Trinajstić information content (AvgIpc) is 3.36. The molecule has 0 saturated heterocycles. The third-order valence-electron chi connectivity index (χ3n) is 5.25. The van der Waals surface area contributed by atoms with Gasteiger partial charge in [-0.05, 0) is 32.2 Å². The zero-order chi connectivity index (χ0) is 27.3. The summed E-state index contributed by atoms with van der Waals surface area (Å²) in [6.07, 6.45) is 9.42. The topological polar surface area (TPSA) is 77.0 Å². The van der Waals surface area contributed by atoms with Gasteiger partial charge in [-0.3, -0.25) is 4.99 Å². The standard InChI is InChI=1S/C14H24N4.C13H18N4S/c1-11-8-13(14(2,3)4)16-18(11)12(9-15-5)10-17(6)7;1-9-6-11(13(2,3)4)16-17(9)10-7-14-12(18-5)15-8-10/h8-10H,1-7H3;6-8H,1-5H3/b12-10-,15-9?;. The number of aromatic nitrogens is 6. The number of rotatable bonds is 5. The summed E-state index contributed by atoms with van der Waals surface area (Å²) in [5, 5.41) is 10.1. The molecule has 0 aliphatic heterocycles. The Hall–Kier alpha value is -2.94. The minimum absolute atomic E-state index is 0.0517. The van der Waals surface area contributed by atoms with Gasteiger partial charge in [0.05, 0.1) is 29.5 Å². The van der Waals surface area contributed by atoms with E-state index < -0.39 is 0 Å². The molecule has 0 amide bonds. The van der Waals surface area contributed by atoms with Crippen molar-refractivity contribution in [1.82, 2.24) is 34.4 Å². The first-order chi connectivity index (χ1) is 16.7. The number of thioether (sulfide) groups is 1. The maximum Gasteiger partial charge on any atom is 0.187 e. The molecular formula is C27H42N8S. The molecule has 0 fully saturated rings. The van der Waals surface area contributed by atoms with Gasteiger partial charge in [0, 0.05) is 55.8 Å². The lowest BCUT2D eigenvalue weighted by atomic mass is 9.92. The Morgan fingerprint density at radius 3 is 1.86 bits per heavy atom. The summed E-state index contributed by atoms with van der Waals surface area (Å²) in [5.74, 6) is 0. The summed E-state index contributed by atoms with van der Waals surface area (Å²) in [5.41, 5.74) is 6.37. The fourth-order valence-corrected chi connectivity index (χ4v) is 3.58. The van der Waals surface area contributed by atoms with E-state index in [1.807, 2.05) is 66.3 Å². The fourth-order valence-electron chi connectivity index (χ4n) is 3.27. The third-order valence-corrected chi connectivity index (χ3v) is 5.83. The van der Waals surface area contributed by atoms with Crippen LogP contribution in [0.1, 0.15) is 64.3 Å². The van der Waals surface area contributed by atoms with Crippen LogP contribution in [0.2, 0.25) is 0 Å². The first-order valence-corrected chi connectivity index (χ1v) is 13.2. The Labute approximate surface area is 220 Å². The second-order valence-corrected chi connectivity index (χ2v) is 11.8. The molecule has 0 N–H and O–H groups in total. The van der Waals surface area contributed by atoms with E-state index in [-0.39, 0.29) is 10.8 Å². The summed E-state index contributed by atoms with van der Waals surface area (Å²) in [7, 11) is 5.76. The molecule has 196 valence electrons. The van der Waals surface area contributed by atoms with Crippen LogP contribution in [0.25, 0.3) is 11.4 Å². The summed E-state index contributed by atoms with van der Waals surface area (Å²) in [6, 6.07) is 4.25. The third kappa shape index (κ3) is 7.78. The fraction of sp³-hybridized carbons (Fsp3) is 0.519. The van der Waals surface area contributed by atoms with Crippen LogP contribution in [-0.2, 0) is 10.8 Å². The molecule has 3 rings (SSSR count). The van der Waals surface area contributed by atoms with E-state index in [2.05, 4.69) is 85.8 Å². The van der Waals surface area contributed by atoms with Gasteiger partial charge < -0.3 is 4.90 Å². The summed E-state index contributed by atoms with van der Waals surface area (Å²) in [6.45, 7) is 17.1. The second-order valence-electron chi connectivity index (χ2n) is 11.0. The van der Waals surface area contributed by atoms with Crippen LogP contribution >= 0.6 is 11.8 Å². The van der Waals surface area contributed by atoms with E-state index in [1.165, 1.54) is 11.8 Å². The van der Waals surface area contributed by atoms with Crippen molar-refractivity contribution in [1.29, 1.82) is 0 Å². The highest BCUT2D eigenvalue weighted by Crippen LogP contribution is 2.24. The highest BCUT2D eigenvalue weighted by Gasteiger charge is 2.20. The lowest BCUT2D eigenvalue weighted by molar-refractivity contribution is 0.553. The zero-order valence-corrected chi connectivity index (χ0v) is 24.8. The molecule has 3 aromatic rings. The van der Waals surface area contributed by atoms with Crippen LogP contribution in [0.3, 0.4) is 0 Å². The molecular weight excluding hydrogens is 468 g/mol. The minimum Gasteiger partial charge on any atom is -0.382 e. The molecule has 0 unspecified atom stereocenters. The van der Waals surface area contributed by atoms with Crippen molar-refractivity contribution in [2.24, 2.45) is 4.99 Å². The van der Waals surface area contributed by atoms with Crippen molar-refractivity contribution >= 4 is 23.7 Å². The Balaban J connectivity index is 0.000000254. The van der Waals surface area contributed by atoms with Crippen molar-refractivity contribution in [2.75, 3.05) is 27.4 Å². The number of allylic oxidation sites excluding steroid dienone is 1. The first kappa shape index (κ1) is 29.3. The molecule has 0 radical (unpaired) electrons. The minimum atomic E-state index is 0.0517. The Morgan fingerprint density at radius 2 is 1.44 bits per heavy atom. The second kappa shape index (κ2) is 11.9. The van der Waals surface area contributed by atoms with Gasteiger partial charge in [-0.2, -0.15) is 10.2 Å². The Bertz CT molecular complexity index is 1190. The molecule has 0 bridgehead atoms. The molecule has 0 spiro atoms. The molecule has 0 aromatic carbocycles. The SMILES string of the molecule is CN=C/C(=C/N(C)C)n1nc(C(C)(C)C)cc1C.CSc1ncc(-n2nc(C(C)(C)C)cc2C)cn1. The van der Waals surface area contributed by atoms with Crippen LogP contribution in [0.15, 0.2) is 40.9 Å². The van der Waals surface area contributed by atoms with Gasteiger partial charge >= 0.3 is 0 Å². The monoisotopic (exact) mass is 510 g/mol. The zero-order valence-electron chi connectivity index (χ0n) is 24.0. The molecule has 36 heavy (non-hydrogen) atoms. The average molecular weight is 511 g/mol. The van der Waals surface area contributed by atoms with Crippen LogP contribution in [0, 0.1) is 13.8 Å². The van der Waals surface area contributed by atoms with Crippen LogP contribution < -0.4 is 0 Å². The summed E-state index contributed by atoms with van der Waals surface area (Å²) in [4.78, 5) is 14.6. The van der Waals surface area contributed by atoms with Crippen LogP contribution in [0.5, 0.6) is 0 Å². The molecule has 3 heterocycles. The highest BCUT2D eigenvalue weighted by atomic mass is 32.2. The Morgan fingerprint density at radius 1 is 0.917 bits per heavy atom. The Kier molecular flexibility index (Phi) is 9.65. The highest BCUT2D eigenvalue weighted by molar-refractivity contribution is 7.98. The van der Waals surface area contributed by atoms with E-state index >= 15 is 0 Å². The van der Waals surface area contributed by atoms with Crippen molar-refractivity contribution < 1.29 is 0 Å². The number of nitrogens with zero attached hydrogens (tertiary/aromatic N) is 8.